The fraction of sp³-hybridized carbons (Fsp3) is 0.889. The van der Waals surface area contributed by atoms with Gasteiger partial charge in [0.2, 0.25) is 0 Å². The van der Waals surface area contributed by atoms with E-state index in [-0.39, 0.29) is 35.4 Å². The van der Waals surface area contributed by atoms with Crippen LogP contribution in [0.15, 0.2) is 0 Å². The lowest BCUT2D eigenvalue weighted by molar-refractivity contribution is -0.141. The molecule has 1 aliphatic heterocycles. The number of aliphatic hydroxyl groups excluding tert-OH is 1. The first-order valence-electron chi connectivity index (χ1n) is 9.05. The third kappa shape index (κ3) is 7.72. The molecule has 1 saturated heterocycles. The maximum atomic E-state index is 12.4. The molecule has 7 nitrogen and oxygen atoms in total. The van der Waals surface area contributed by atoms with Crippen molar-refractivity contribution in [2.45, 2.75) is 77.1 Å². The molecule has 26 heavy (non-hydrogen) atoms. The number of thioether (sulfide) groups is 1. The van der Waals surface area contributed by atoms with E-state index in [9.17, 15) is 14.7 Å². The summed E-state index contributed by atoms with van der Waals surface area (Å²) in [6.07, 6.45) is -0.568. The van der Waals surface area contributed by atoms with E-state index >= 15 is 0 Å². The first kappa shape index (κ1) is 23.0. The van der Waals surface area contributed by atoms with Crippen LogP contribution in [0.3, 0.4) is 0 Å². The zero-order valence-corrected chi connectivity index (χ0v) is 17.8. The lowest BCUT2D eigenvalue weighted by Crippen LogP contribution is -2.48. The maximum Gasteiger partial charge on any atom is 0.410 e. The average molecular weight is 391 g/mol. The highest BCUT2D eigenvalue weighted by Crippen LogP contribution is 2.27. The largest absolute Gasteiger partial charge is 0.464 e. The third-order valence-electron chi connectivity index (χ3n) is 4.15. The topological polar surface area (TPSA) is 88.1 Å². The Morgan fingerprint density at radius 2 is 1.96 bits per heavy atom. The fourth-order valence-corrected chi connectivity index (χ4v) is 4.06. The van der Waals surface area contributed by atoms with Crippen LogP contribution >= 0.6 is 11.8 Å². The number of carbonyl (C=O) groups excluding carboxylic acids is 2. The number of hydrogen-bond donors (Lipinski definition) is 2. The summed E-state index contributed by atoms with van der Waals surface area (Å²) in [4.78, 5) is 24.9. The zero-order valence-electron chi connectivity index (χ0n) is 16.9. The van der Waals surface area contributed by atoms with Crippen molar-refractivity contribution in [3.8, 4) is 0 Å². The fourth-order valence-electron chi connectivity index (χ4n) is 2.80. The van der Waals surface area contributed by atoms with Crippen molar-refractivity contribution in [1.82, 2.24) is 10.2 Å². The van der Waals surface area contributed by atoms with Crippen molar-refractivity contribution in [3.63, 3.8) is 0 Å². The monoisotopic (exact) mass is 390 g/mol. The number of rotatable bonds is 7. The number of hydrogen-bond acceptors (Lipinski definition) is 7. The van der Waals surface area contributed by atoms with Gasteiger partial charge in [0.1, 0.15) is 12.2 Å². The molecule has 1 aliphatic rings. The Kier molecular flexibility index (Phi) is 8.69. The molecule has 2 unspecified atom stereocenters. The maximum absolute atomic E-state index is 12.4. The van der Waals surface area contributed by atoms with E-state index in [4.69, 9.17) is 9.47 Å². The second-order valence-corrected chi connectivity index (χ2v) is 9.30. The number of amides is 1. The number of ether oxygens (including phenoxy) is 2. The third-order valence-corrected chi connectivity index (χ3v) is 5.55. The van der Waals surface area contributed by atoms with Gasteiger partial charge in [-0.05, 0) is 33.1 Å². The quantitative estimate of drug-likeness (QED) is 0.645. The zero-order chi connectivity index (χ0) is 20.1. The minimum atomic E-state index is -0.625. The van der Waals surface area contributed by atoms with Crippen molar-refractivity contribution in [2.24, 2.45) is 5.92 Å². The molecular weight excluding hydrogens is 356 g/mol. The SMILES string of the molecule is CC(=O)OCC1CSC([C@H](O)C[C@H](C(C)C)N(C)C(=O)OC(C)(C)C)N1. The van der Waals surface area contributed by atoms with Gasteiger partial charge in [0.05, 0.1) is 17.5 Å². The minimum Gasteiger partial charge on any atom is -0.464 e. The molecule has 0 spiro atoms. The van der Waals surface area contributed by atoms with E-state index in [1.807, 2.05) is 34.6 Å². The highest BCUT2D eigenvalue weighted by Gasteiger charge is 2.35. The first-order valence-corrected chi connectivity index (χ1v) is 10.1. The predicted molar refractivity (Wildman–Crippen MR) is 103 cm³/mol. The molecule has 0 bridgehead atoms. The van der Waals surface area contributed by atoms with Gasteiger partial charge in [-0.15, -0.1) is 11.8 Å². The Balaban J connectivity index is 2.61. The van der Waals surface area contributed by atoms with Crippen LogP contribution in [0.4, 0.5) is 4.79 Å². The standard InChI is InChI=1S/C18H34N2O5S/c1-11(2)14(20(7)17(23)25-18(4,5)6)8-15(22)16-19-13(10-26-16)9-24-12(3)21/h11,13-16,19,22H,8-10H2,1-7H3/t13?,14-,15-,16?/m1/s1. The van der Waals surface area contributed by atoms with E-state index in [1.54, 1.807) is 23.7 Å². The van der Waals surface area contributed by atoms with Gasteiger partial charge in [-0.2, -0.15) is 0 Å². The number of carbonyl (C=O) groups is 2. The predicted octanol–water partition coefficient (Wildman–Crippen LogP) is 2.22. The van der Waals surface area contributed by atoms with E-state index in [0.29, 0.717) is 13.0 Å². The number of esters is 1. The van der Waals surface area contributed by atoms with Crippen LogP contribution in [0.25, 0.3) is 0 Å². The van der Waals surface area contributed by atoms with Crippen LogP contribution in [-0.4, -0.2) is 70.6 Å². The van der Waals surface area contributed by atoms with Crippen molar-refractivity contribution in [1.29, 1.82) is 0 Å². The molecule has 0 aromatic carbocycles. The van der Waals surface area contributed by atoms with Crippen LogP contribution in [0, 0.1) is 5.92 Å². The molecule has 1 heterocycles. The van der Waals surface area contributed by atoms with Gasteiger partial charge in [-0.1, -0.05) is 13.8 Å². The smallest absolute Gasteiger partial charge is 0.410 e. The molecule has 0 aromatic heterocycles. The number of nitrogens with zero attached hydrogens (tertiary/aromatic N) is 1. The summed E-state index contributed by atoms with van der Waals surface area (Å²) in [5.41, 5.74) is -0.557. The van der Waals surface area contributed by atoms with Crippen molar-refractivity contribution in [2.75, 3.05) is 19.4 Å². The number of aliphatic hydroxyl groups is 1. The summed E-state index contributed by atoms with van der Waals surface area (Å²) in [5, 5.41) is 13.8. The highest BCUT2D eigenvalue weighted by molar-refractivity contribution is 8.00. The van der Waals surface area contributed by atoms with Gasteiger partial charge in [0, 0.05) is 25.8 Å². The molecule has 0 aromatic rings. The molecule has 0 aliphatic carbocycles. The Morgan fingerprint density at radius 3 is 2.46 bits per heavy atom. The summed E-state index contributed by atoms with van der Waals surface area (Å²) in [6.45, 7) is 11.2. The molecule has 0 radical (unpaired) electrons. The minimum absolute atomic E-state index is 0.0321. The highest BCUT2D eigenvalue weighted by atomic mass is 32.2. The van der Waals surface area contributed by atoms with Gasteiger partial charge in [-0.25, -0.2) is 4.79 Å². The van der Waals surface area contributed by atoms with Gasteiger partial charge in [0.25, 0.3) is 0 Å². The Bertz CT molecular complexity index is 481. The molecule has 2 N–H and O–H groups in total. The Labute approximate surface area is 161 Å². The Hall–Kier alpha value is -0.990. The molecule has 1 fully saturated rings. The second kappa shape index (κ2) is 9.80. The van der Waals surface area contributed by atoms with E-state index in [2.05, 4.69) is 5.32 Å². The van der Waals surface area contributed by atoms with Crippen molar-refractivity contribution < 1.29 is 24.2 Å². The van der Waals surface area contributed by atoms with E-state index in [0.717, 1.165) is 5.75 Å². The van der Waals surface area contributed by atoms with Crippen LogP contribution in [-0.2, 0) is 14.3 Å². The molecule has 8 heteroatoms. The van der Waals surface area contributed by atoms with E-state index < -0.39 is 11.7 Å². The van der Waals surface area contributed by atoms with Crippen LogP contribution < -0.4 is 5.32 Å². The van der Waals surface area contributed by atoms with Crippen molar-refractivity contribution >= 4 is 23.8 Å². The van der Waals surface area contributed by atoms with Gasteiger partial charge in [0.15, 0.2) is 0 Å². The van der Waals surface area contributed by atoms with Gasteiger partial charge < -0.3 is 19.5 Å². The summed E-state index contributed by atoms with van der Waals surface area (Å²) in [7, 11) is 1.71. The Morgan fingerprint density at radius 1 is 1.35 bits per heavy atom. The molecule has 0 saturated carbocycles. The van der Waals surface area contributed by atoms with Crippen molar-refractivity contribution in [3.05, 3.63) is 0 Å². The molecular formula is C18H34N2O5S. The molecule has 152 valence electrons. The lowest BCUT2D eigenvalue weighted by atomic mass is 9.96. The average Bonchev–Trinajstić information content (AvgIpc) is 2.96. The second-order valence-electron chi connectivity index (χ2n) is 8.13. The first-order chi connectivity index (χ1) is 11.9. The van der Waals surface area contributed by atoms with Crippen LogP contribution in [0.5, 0.6) is 0 Å². The summed E-state index contributed by atoms with van der Waals surface area (Å²) >= 11 is 1.61. The lowest BCUT2D eigenvalue weighted by Gasteiger charge is -2.35. The summed E-state index contributed by atoms with van der Waals surface area (Å²) in [6, 6.07) is -0.112. The van der Waals surface area contributed by atoms with E-state index in [1.165, 1.54) is 6.92 Å². The molecule has 1 rings (SSSR count). The number of nitrogens with one attached hydrogen (secondary N) is 1. The summed E-state index contributed by atoms with van der Waals surface area (Å²) in [5.74, 6) is 0.633. The van der Waals surface area contributed by atoms with Gasteiger partial charge in [-0.3, -0.25) is 10.1 Å². The normalized spacial score (nSPS) is 22.8. The molecule has 1 amide bonds. The molecule has 4 atom stereocenters. The summed E-state index contributed by atoms with van der Waals surface area (Å²) < 4.78 is 10.5. The van der Waals surface area contributed by atoms with Gasteiger partial charge >= 0.3 is 12.1 Å². The van der Waals surface area contributed by atoms with Crippen LogP contribution in [0.1, 0.15) is 48.0 Å². The van der Waals surface area contributed by atoms with Crippen LogP contribution in [0.2, 0.25) is 0 Å².